The Morgan fingerprint density at radius 3 is 2.71 bits per heavy atom. The van der Waals surface area contributed by atoms with E-state index < -0.39 is 0 Å². The molecule has 0 saturated heterocycles. The second kappa shape index (κ2) is 2.09. The smallest absolute Gasteiger partial charge is 0.0584 e. The first-order valence-electron chi connectivity index (χ1n) is 2.53. The van der Waals surface area contributed by atoms with E-state index in [1.165, 1.54) is 0 Å². The van der Waals surface area contributed by atoms with Crippen LogP contribution in [0, 0.1) is 0 Å². The molecular formula is C5H10N2. The van der Waals surface area contributed by atoms with Gasteiger partial charge in [-0.05, 0) is 6.42 Å². The Bertz CT molecular complexity index is 78.1. The average Bonchev–Trinajstić information content (AvgIpc) is 1.69. The van der Waals surface area contributed by atoms with Crippen molar-refractivity contribution < 1.29 is 0 Å². The second-order valence-corrected chi connectivity index (χ2v) is 1.72. The SMILES string of the molecule is NC1CC=CCN1. The third kappa shape index (κ3) is 1.29. The van der Waals surface area contributed by atoms with Gasteiger partial charge >= 0.3 is 0 Å². The van der Waals surface area contributed by atoms with E-state index in [0.717, 1.165) is 13.0 Å². The fourth-order valence-corrected chi connectivity index (χ4v) is 0.629. The molecule has 0 aliphatic carbocycles. The van der Waals surface area contributed by atoms with Crippen LogP contribution in [0.15, 0.2) is 12.2 Å². The van der Waals surface area contributed by atoms with Crippen molar-refractivity contribution in [3.05, 3.63) is 12.2 Å². The van der Waals surface area contributed by atoms with Crippen molar-refractivity contribution in [2.45, 2.75) is 12.6 Å². The van der Waals surface area contributed by atoms with Crippen LogP contribution in [0.2, 0.25) is 0 Å². The minimum Gasteiger partial charge on any atom is -0.316 e. The lowest BCUT2D eigenvalue weighted by atomic mass is 10.2. The highest BCUT2D eigenvalue weighted by Gasteiger charge is 1.98. The summed E-state index contributed by atoms with van der Waals surface area (Å²) in [6.45, 7) is 0.932. The van der Waals surface area contributed by atoms with Gasteiger partial charge in [-0.15, -0.1) is 0 Å². The van der Waals surface area contributed by atoms with Crippen LogP contribution in [-0.2, 0) is 0 Å². The predicted octanol–water partition coefficient (Wildman–Crippen LogP) is -0.179. The first kappa shape index (κ1) is 4.81. The monoisotopic (exact) mass is 98.1 g/mol. The van der Waals surface area contributed by atoms with E-state index in [1.54, 1.807) is 0 Å². The van der Waals surface area contributed by atoms with Gasteiger partial charge in [0.2, 0.25) is 0 Å². The highest BCUT2D eigenvalue weighted by molar-refractivity contribution is 4.91. The Kier molecular flexibility index (Phi) is 1.44. The van der Waals surface area contributed by atoms with Gasteiger partial charge in [-0.2, -0.15) is 0 Å². The molecule has 0 aromatic heterocycles. The van der Waals surface area contributed by atoms with Crippen molar-refractivity contribution in [3.8, 4) is 0 Å². The summed E-state index contributed by atoms with van der Waals surface area (Å²) < 4.78 is 0. The van der Waals surface area contributed by atoms with Crippen molar-refractivity contribution in [1.29, 1.82) is 0 Å². The Morgan fingerprint density at radius 2 is 2.43 bits per heavy atom. The zero-order valence-electron chi connectivity index (χ0n) is 4.22. The number of rotatable bonds is 0. The van der Waals surface area contributed by atoms with Gasteiger partial charge < -0.3 is 5.73 Å². The fraction of sp³-hybridized carbons (Fsp3) is 0.600. The number of nitrogens with one attached hydrogen (secondary N) is 1. The maximum atomic E-state index is 5.47. The summed E-state index contributed by atoms with van der Waals surface area (Å²) in [5, 5.41) is 3.07. The van der Waals surface area contributed by atoms with Crippen molar-refractivity contribution in [2.75, 3.05) is 6.54 Å². The van der Waals surface area contributed by atoms with Gasteiger partial charge in [0, 0.05) is 6.54 Å². The van der Waals surface area contributed by atoms with Crippen molar-refractivity contribution in [3.63, 3.8) is 0 Å². The zero-order chi connectivity index (χ0) is 5.11. The Balaban J connectivity index is 2.32. The lowest BCUT2D eigenvalue weighted by molar-refractivity contribution is 0.547. The number of hydrogen-bond acceptors (Lipinski definition) is 2. The van der Waals surface area contributed by atoms with Crippen LogP contribution < -0.4 is 11.1 Å². The first-order valence-corrected chi connectivity index (χ1v) is 2.53. The molecule has 0 radical (unpaired) electrons. The molecule has 0 fully saturated rings. The Hall–Kier alpha value is -0.340. The third-order valence-electron chi connectivity index (χ3n) is 1.05. The van der Waals surface area contributed by atoms with Crippen LogP contribution in [0.5, 0.6) is 0 Å². The molecule has 0 aromatic carbocycles. The van der Waals surface area contributed by atoms with Crippen molar-refractivity contribution in [2.24, 2.45) is 5.73 Å². The molecule has 0 amide bonds. The molecule has 3 N–H and O–H groups in total. The van der Waals surface area contributed by atoms with Crippen LogP contribution in [-0.4, -0.2) is 12.7 Å². The van der Waals surface area contributed by atoms with E-state index in [4.69, 9.17) is 5.73 Å². The lowest BCUT2D eigenvalue weighted by Gasteiger charge is -2.12. The highest BCUT2D eigenvalue weighted by Crippen LogP contribution is 1.90. The van der Waals surface area contributed by atoms with E-state index in [-0.39, 0.29) is 6.17 Å². The summed E-state index contributed by atoms with van der Waals surface area (Å²) in [6, 6.07) is 0. The van der Waals surface area contributed by atoms with Gasteiger partial charge in [0.1, 0.15) is 0 Å². The van der Waals surface area contributed by atoms with Crippen LogP contribution >= 0.6 is 0 Å². The molecule has 1 heterocycles. The molecule has 7 heavy (non-hydrogen) atoms. The Labute approximate surface area is 43.4 Å². The van der Waals surface area contributed by atoms with Gasteiger partial charge in [-0.1, -0.05) is 12.2 Å². The normalized spacial score (nSPS) is 30.7. The van der Waals surface area contributed by atoms with Gasteiger partial charge in [-0.3, -0.25) is 5.32 Å². The van der Waals surface area contributed by atoms with E-state index in [2.05, 4.69) is 17.5 Å². The molecule has 1 unspecified atom stereocenters. The topological polar surface area (TPSA) is 38.0 Å². The van der Waals surface area contributed by atoms with Crippen LogP contribution in [0.3, 0.4) is 0 Å². The van der Waals surface area contributed by atoms with Crippen LogP contribution in [0.4, 0.5) is 0 Å². The average molecular weight is 98.1 g/mol. The molecule has 0 saturated carbocycles. The molecule has 1 rings (SSSR count). The fourth-order valence-electron chi connectivity index (χ4n) is 0.629. The summed E-state index contributed by atoms with van der Waals surface area (Å²) in [5.74, 6) is 0. The molecule has 0 bridgehead atoms. The molecule has 0 aromatic rings. The highest BCUT2D eigenvalue weighted by atomic mass is 15.0. The maximum absolute atomic E-state index is 5.47. The van der Waals surface area contributed by atoms with Gasteiger partial charge in [0.05, 0.1) is 6.17 Å². The van der Waals surface area contributed by atoms with Crippen LogP contribution in [0.25, 0.3) is 0 Å². The molecule has 1 aliphatic rings. The van der Waals surface area contributed by atoms with Crippen molar-refractivity contribution >= 4 is 0 Å². The summed E-state index contributed by atoms with van der Waals surface area (Å²) in [5.41, 5.74) is 5.47. The van der Waals surface area contributed by atoms with E-state index >= 15 is 0 Å². The summed E-state index contributed by atoms with van der Waals surface area (Å²) in [7, 11) is 0. The molecule has 2 heteroatoms. The van der Waals surface area contributed by atoms with E-state index in [1.807, 2.05) is 0 Å². The van der Waals surface area contributed by atoms with E-state index in [9.17, 15) is 0 Å². The molecule has 1 atom stereocenters. The summed E-state index contributed by atoms with van der Waals surface area (Å²) >= 11 is 0. The first-order chi connectivity index (χ1) is 3.39. The number of hydrogen-bond donors (Lipinski definition) is 2. The third-order valence-corrected chi connectivity index (χ3v) is 1.05. The molecule has 0 spiro atoms. The lowest BCUT2D eigenvalue weighted by Crippen LogP contribution is -2.38. The van der Waals surface area contributed by atoms with Gasteiger partial charge in [-0.25, -0.2) is 0 Å². The van der Waals surface area contributed by atoms with Crippen molar-refractivity contribution in [1.82, 2.24) is 5.32 Å². The summed E-state index contributed by atoms with van der Waals surface area (Å²) in [4.78, 5) is 0. The van der Waals surface area contributed by atoms with Gasteiger partial charge in [0.25, 0.3) is 0 Å². The Morgan fingerprint density at radius 1 is 1.57 bits per heavy atom. The molecular weight excluding hydrogens is 88.1 g/mol. The minimum absolute atomic E-state index is 0.199. The minimum atomic E-state index is 0.199. The molecule has 2 nitrogen and oxygen atoms in total. The predicted molar refractivity (Wildman–Crippen MR) is 29.7 cm³/mol. The number of nitrogens with two attached hydrogens (primary N) is 1. The quantitative estimate of drug-likeness (QED) is 0.412. The second-order valence-electron chi connectivity index (χ2n) is 1.72. The van der Waals surface area contributed by atoms with Crippen LogP contribution in [0.1, 0.15) is 6.42 Å². The van der Waals surface area contributed by atoms with Gasteiger partial charge in [0.15, 0.2) is 0 Å². The van der Waals surface area contributed by atoms with E-state index in [0.29, 0.717) is 0 Å². The standard InChI is InChI=1S/C5H10N2/c6-5-3-1-2-4-7-5/h1-2,5,7H,3-4,6H2. The largest absolute Gasteiger partial charge is 0.316 e. The molecule has 1 aliphatic heterocycles. The molecule has 40 valence electrons. The summed E-state index contributed by atoms with van der Waals surface area (Å²) in [6.07, 6.45) is 5.36. The maximum Gasteiger partial charge on any atom is 0.0584 e. The zero-order valence-corrected chi connectivity index (χ0v) is 4.22.